The van der Waals surface area contributed by atoms with Gasteiger partial charge in [-0.05, 0) is 32.8 Å². The Morgan fingerprint density at radius 2 is 2.13 bits per heavy atom. The lowest BCUT2D eigenvalue weighted by molar-refractivity contribution is 0.282. The maximum absolute atomic E-state index is 9.36. The Hall–Kier alpha value is -1.02. The molecule has 15 heavy (non-hydrogen) atoms. The predicted molar refractivity (Wildman–Crippen MR) is 63.1 cm³/mol. The Labute approximate surface area is 91.5 Å². The molecular formula is C13H19NO. The number of benzene rings is 1. The summed E-state index contributed by atoms with van der Waals surface area (Å²) in [5, 5.41) is 9.36. The van der Waals surface area contributed by atoms with Gasteiger partial charge in [0.15, 0.2) is 0 Å². The van der Waals surface area contributed by atoms with Gasteiger partial charge in [0.1, 0.15) is 0 Å². The average molecular weight is 205 g/mol. The second-order valence-corrected chi connectivity index (χ2v) is 4.31. The monoisotopic (exact) mass is 205 g/mol. The second kappa shape index (κ2) is 4.23. The first-order chi connectivity index (χ1) is 7.26. The highest BCUT2D eigenvalue weighted by atomic mass is 16.3. The number of aryl methyl sites for hydroxylation is 1. The highest BCUT2D eigenvalue weighted by Crippen LogP contribution is 2.33. The summed E-state index contributed by atoms with van der Waals surface area (Å²) in [5.74, 6) is 0. The van der Waals surface area contributed by atoms with Crippen LogP contribution in [0.3, 0.4) is 0 Å². The molecule has 1 fully saturated rings. The van der Waals surface area contributed by atoms with Crippen LogP contribution in [0.1, 0.15) is 30.9 Å². The largest absolute Gasteiger partial charge is 0.392 e. The summed E-state index contributed by atoms with van der Waals surface area (Å²) >= 11 is 0. The van der Waals surface area contributed by atoms with Crippen molar-refractivity contribution in [2.24, 2.45) is 0 Å². The van der Waals surface area contributed by atoms with Crippen LogP contribution in [-0.2, 0) is 6.61 Å². The molecule has 1 aliphatic carbocycles. The maximum atomic E-state index is 9.36. The molecule has 0 amide bonds. The molecule has 0 unspecified atom stereocenters. The molecule has 2 heteroatoms. The van der Waals surface area contributed by atoms with Crippen molar-refractivity contribution in [1.82, 2.24) is 0 Å². The molecule has 1 aromatic carbocycles. The summed E-state index contributed by atoms with van der Waals surface area (Å²) in [5.41, 5.74) is 3.49. The molecule has 0 heterocycles. The molecule has 0 saturated heterocycles. The zero-order valence-corrected chi connectivity index (χ0v) is 9.53. The lowest BCUT2D eigenvalue weighted by Gasteiger charge is -2.25. The van der Waals surface area contributed by atoms with Crippen molar-refractivity contribution in [1.29, 1.82) is 0 Å². The molecule has 2 rings (SSSR count). The van der Waals surface area contributed by atoms with Crippen LogP contribution in [0.5, 0.6) is 0 Å². The third kappa shape index (κ3) is 2.15. The van der Waals surface area contributed by atoms with Gasteiger partial charge in [-0.15, -0.1) is 0 Å². The van der Waals surface area contributed by atoms with Gasteiger partial charge >= 0.3 is 0 Å². The summed E-state index contributed by atoms with van der Waals surface area (Å²) in [6.45, 7) is 5.41. The van der Waals surface area contributed by atoms with Crippen molar-refractivity contribution in [3.05, 3.63) is 29.3 Å². The van der Waals surface area contributed by atoms with Crippen LogP contribution in [0.2, 0.25) is 0 Å². The number of rotatable bonds is 4. The van der Waals surface area contributed by atoms with Gasteiger partial charge in [-0.2, -0.15) is 0 Å². The van der Waals surface area contributed by atoms with Crippen molar-refractivity contribution in [3.63, 3.8) is 0 Å². The van der Waals surface area contributed by atoms with Crippen LogP contribution in [0.25, 0.3) is 0 Å². The fourth-order valence-corrected chi connectivity index (χ4v) is 2.13. The van der Waals surface area contributed by atoms with Gasteiger partial charge in [0, 0.05) is 23.8 Å². The van der Waals surface area contributed by atoms with Crippen LogP contribution in [0.4, 0.5) is 5.69 Å². The highest BCUT2D eigenvalue weighted by Gasteiger charge is 2.29. The van der Waals surface area contributed by atoms with Crippen LogP contribution in [0.15, 0.2) is 18.2 Å². The lowest BCUT2D eigenvalue weighted by Crippen LogP contribution is -2.26. The minimum atomic E-state index is 0.139. The second-order valence-electron chi connectivity index (χ2n) is 4.31. The van der Waals surface area contributed by atoms with E-state index in [1.807, 2.05) is 0 Å². The smallest absolute Gasteiger partial charge is 0.0702 e. The van der Waals surface area contributed by atoms with Gasteiger partial charge in [-0.25, -0.2) is 0 Å². The van der Waals surface area contributed by atoms with Crippen molar-refractivity contribution >= 4 is 5.69 Å². The molecule has 0 aliphatic heterocycles. The van der Waals surface area contributed by atoms with Gasteiger partial charge in [0.25, 0.3) is 0 Å². The molecule has 1 N–H and O–H groups in total. The van der Waals surface area contributed by atoms with E-state index in [1.54, 1.807) is 0 Å². The molecular weight excluding hydrogens is 186 g/mol. The summed E-state index contributed by atoms with van der Waals surface area (Å²) in [7, 11) is 0. The third-order valence-corrected chi connectivity index (χ3v) is 3.04. The molecule has 0 bridgehead atoms. The van der Waals surface area contributed by atoms with Crippen molar-refractivity contribution < 1.29 is 5.11 Å². The first kappa shape index (κ1) is 10.5. The number of nitrogens with zero attached hydrogens (tertiary/aromatic N) is 1. The Morgan fingerprint density at radius 1 is 1.40 bits per heavy atom. The van der Waals surface area contributed by atoms with E-state index < -0.39 is 0 Å². The quantitative estimate of drug-likeness (QED) is 0.816. The van der Waals surface area contributed by atoms with Gasteiger partial charge in [0.2, 0.25) is 0 Å². The summed E-state index contributed by atoms with van der Waals surface area (Å²) in [6, 6.07) is 7.06. The summed E-state index contributed by atoms with van der Waals surface area (Å²) < 4.78 is 0. The van der Waals surface area contributed by atoms with E-state index in [0.29, 0.717) is 6.04 Å². The molecule has 1 aliphatic rings. The van der Waals surface area contributed by atoms with Gasteiger partial charge in [-0.3, -0.25) is 0 Å². The average Bonchev–Trinajstić information content (AvgIpc) is 3.05. The molecule has 1 aromatic rings. The first-order valence-electron chi connectivity index (χ1n) is 5.73. The van der Waals surface area contributed by atoms with E-state index in [0.717, 1.165) is 12.1 Å². The molecule has 0 spiro atoms. The van der Waals surface area contributed by atoms with E-state index in [4.69, 9.17) is 0 Å². The topological polar surface area (TPSA) is 23.5 Å². The maximum Gasteiger partial charge on any atom is 0.0702 e. The minimum absolute atomic E-state index is 0.139. The van der Waals surface area contributed by atoms with E-state index in [9.17, 15) is 5.11 Å². The number of hydrogen-bond acceptors (Lipinski definition) is 2. The molecule has 1 saturated carbocycles. The highest BCUT2D eigenvalue weighted by molar-refractivity contribution is 5.56. The fraction of sp³-hybridized carbons (Fsp3) is 0.538. The van der Waals surface area contributed by atoms with Crippen LogP contribution in [0, 0.1) is 6.92 Å². The molecule has 2 nitrogen and oxygen atoms in total. The molecule has 0 aromatic heterocycles. The van der Waals surface area contributed by atoms with E-state index in [2.05, 4.69) is 36.9 Å². The Morgan fingerprint density at radius 3 is 2.67 bits per heavy atom. The van der Waals surface area contributed by atoms with Crippen LogP contribution >= 0.6 is 0 Å². The number of aliphatic hydroxyl groups excluding tert-OH is 1. The SMILES string of the molecule is CCN(c1ccc(C)cc1CO)C1CC1. The third-order valence-electron chi connectivity index (χ3n) is 3.04. The van der Waals surface area contributed by atoms with Crippen LogP contribution < -0.4 is 4.90 Å². The molecule has 82 valence electrons. The first-order valence-corrected chi connectivity index (χ1v) is 5.73. The Balaban J connectivity index is 2.32. The predicted octanol–water partition coefficient (Wildman–Crippen LogP) is 2.48. The van der Waals surface area contributed by atoms with Gasteiger partial charge < -0.3 is 10.0 Å². The fourth-order valence-electron chi connectivity index (χ4n) is 2.13. The van der Waals surface area contributed by atoms with Crippen molar-refractivity contribution in [2.75, 3.05) is 11.4 Å². The minimum Gasteiger partial charge on any atom is -0.392 e. The van der Waals surface area contributed by atoms with Crippen molar-refractivity contribution in [3.8, 4) is 0 Å². The molecule has 0 radical (unpaired) electrons. The number of hydrogen-bond donors (Lipinski definition) is 1. The van der Waals surface area contributed by atoms with Crippen LogP contribution in [-0.4, -0.2) is 17.7 Å². The summed E-state index contributed by atoms with van der Waals surface area (Å²) in [6.07, 6.45) is 2.60. The standard InChI is InChI=1S/C13H19NO/c1-3-14(12-5-6-12)13-7-4-10(2)8-11(13)9-15/h4,7-8,12,15H,3,5-6,9H2,1-2H3. The van der Waals surface area contributed by atoms with Gasteiger partial charge in [-0.1, -0.05) is 17.7 Å². The van der Waals surface area contributed by atoms with E-state index in [-0.39, 0.29) is 6.61 Å². The number of anilines is 1. The normalized spacial score (nSPS) is 15.4. The molecule has 0 atom stereocenters. The van der Waals surface area contributed by atoms with Gasteiger partial charge in [0.05, 0.1) is 6.61 Å². The van der Waals surface area contributed by atoms with E-state index >= 15 is 0 Å². The Bertz CT molecular complexity index is 344. The zero-order chi connectivity index (χ0) is 10.8. The number of aliphatic hydroxyl groups is 1. The lowest BCUT2D eigenvalue weighted by atomic mass is 10.1. The van der Waals surface area contributed by atoms with E-state index in [1.165, 1.54) is 24.1 Å². The van der Waals surface area contributed by atoms with Crippen molar-refractivity contribution in [2.45, 2.75) is 39.3 Å². The zero-order valence-electron chi connectivity index (χ0n) is 9.53. The summed E-state index contributed by atoms with van der Waals surface area (Å²) in [4.78, 5) is 2.41. The Kier molecular flexibility index (Phi) is 2.96.